The number of nitrogens with two attached hydrogens (primary N) is 1. The Morgan fingerprint density at radius 3 is 2.62 bits per heavy atom. The summed E-state index contributed by atoms with van der Waals surface area (Å²) in [6.07, 6.45) is 1.37. The van der Waals surface area contributed by atoms with Gasteiger partial charge in [-0.25, -0.2) is 0 Å². The van der Waals surface area contributed by atoms with Crippen molar-refractivity contribution in [3.63, 3.8) is 0 Å². The van der Waals surface area contributed by atoms with E-state index >= 15 is 0 Å². The molecule has 0 aliphatic rings. The van der Waals surface area contributed by atoms with Crippen molar-refractivity contribution in [2.24, 2.45) is 11.7 Å². The van der Waals surface area contributed by atoms with Crippen LogP contribution in [0, 0.1) is 9.49 Å². The SMILES string of the molecule is CC(CN)CCC(=O)Nc1ccc(I)cc1. The van der Waals surface area contributed by atoms with Crippen molar-refractivity contribution in [3.8, 4) is 0 Å². The molecule has 1 amide bonds. The number of carbonyl (C=O) groups is 1. The molecular formula is C12H17IN2O. The Hall–Kier alpha value is -0.620. The van der Waals surface area contributed by atoms with E-state index in [-0.39, 0.29) is 5.91 Å². The summed E-state index contributed by atoms with van der Waals surface area (Å²) in [6, 6.07) is 7.76. The molecule has 0 saturated heterocycles. The van der Waals surface area contributed by atoms with Crippen LogP contribution < -0.4 is 11.1 Å². The third-order valence-corrected chi connectivity index (χ3v) is 3.11. The summed E-state index contributed by atoms with van der Waals surface area (Å²) >= 11 is 2.23. The molecule has 0 fully saturated rings. The number of anilines is 1. The van der Waals surface area contributed by atoms with Gasteiger partial charge in [0.25, 0.3) is 0 Å². The Kier molecular flexibility index (Phi) is 5.76. The minimum Gasteiger partial charge on any atom is -0.330 e. The first-order valence-electron chi connectivity index (χ1n) is 5.37. The molecule has 3 nitrogen and oxygen atoms in total. The van der Waals surface area contributed by atoms with Gasteiger partial charge in [-0.3, -0.25) is 4.79 Å². The summed E-state index contributed by atoms with van der Waals surface area (Å²) in [5.74, 6) is 0.462. The highest BCUT2D eigenvalue weighted by molar-refractivity contribution is 14.1. The van der Waals surface area contributed by atoms with Crippen LogP contribution in [-0.4, -0.2) is 12.5 Å². The van der Waals surface area contributed by atoms with E-state index in [1.165, 1.54) is 0 Å². The van der Waals surface area contributed by atoms with Gasteiger partial charge in [0.2, 0.25) is 5.91 Å². The van der Waals surface area contributed by atoms with Crippen LogP contribution in [0.2, 0.25) is 0 Å². The second-order valence-electron chi connectivity index (χ2n) is 3.93. The molecule has 3 N–H and O–H groups in total. The van der Waals surface area contributed by atoms with Gasteiger partial charge in [-0.05, 0) is 65.7 Å². The lowest BCUT2D eigenvalue weighted by atomic mass is 10.1. The van der Waals surface area contributed by atoms with Crippen molar-refractivity contribution in [2.75, 3.05) is 11.9 Å². The summed E-state index contributed by atoms with van der Waals surface area (Å²) in [6.45, 7) is 2.69. The molecule has 88 valence electrons. The molecule has 0 radical (unpaired) electrons. The Morgan fingerprint density at radius 1 is 1.44 bits per heavy atom. The minimum atomic E-state index is 0.0570. The van der Waals surface area contributed by atoms with Gasteiger partial charge < -0.3 is 11.1 Å². The van der Waals surface area contributed by atoms with Crippen LogP contribution in [0.15, 0.2) is 24.3 Å². The van der Waals surface area contributed by atoms with Gasteiger partial charge in [-0.15, -0.1) is 0 Å². The van der Waals surface area contributed by atoms with Crippen LogP contribution >= 0.6 is 22.6 Å². The number of amides is 1. The largest absolute Gasteiger partial charge is 0.330 e. The molecule has 0 aliphatic carbocycles. The highest BCUT2D eigenvalue weighted by Crippen LogP contribution is 2.12. The van der Waals surface area contributed by atoms with E-state index in [0.29, 0.717) is 18.9 Å². The van der Waals surface area contributed by atoms with Crippen LogP contribution in [0.25, 0.3) is 0 Å². The van der Waals surface area contributed by atoms with E-state index in [1.807, 2.05) is 24.3 Å². The maximum atomic E-state index is 11.6. The average Bonchev–Trinajstić information content (AvgIpc) is 2.29. The fraction of sp³-hybridized carbons (Fsp3) is 0.417. The number of rotatable bonds is 5. The third-order valence-electron chi connectivity index (χ3n) is 2.39. The number of hydrogen-bond acceptors (Lipinski definition) is 2. The Balaban J connectivity index is 2.37. The predicted octanol–water partition coefficient (Wildman–Crippen LogP) is 2.60. The van der Waals surface area contributed by atoms with E-state index in [4.69, 9.17) is 5.73 Å². The smallest absolute Gasteiger partial charge is 0.224 e. The second kappa shape index (κ2) is 6.85. The number of carbonyl (C=O) groups excluding carboxylic acids is 1. The zero-order valence-corrected chi connectivity index (χ0v) is 11.5. The molecule has 0 saturated carbocycles. The highest BCUT2D eigenvalue weighted by Gasteiger charge is 2.05. The average molecular weight is 332 g/mol. The van der Waals surface area contributed by atoms with E-state index in [2.05, 4.69) is 34.8 Å². The molecule has 1 rings (SSSR count). The van der Waals surface area contributed by atoms with Gasteiger partial charge in [0.05, 0.1) is 0 Å². The standard InChI is InChI=1S/C12H17IN2O/c1-9(8-14)2-7-12(16)15-11-5-3-10(13)4-6-11/h3-6,9H,2,7-8,14H2,1H3,(H,15,16). The normalized spacial score (nSPS) is 12.2. The van der Waals surface area contributed by atoms with Crippen molar-refractivity contribution in [1.29, 1.82) is 0 Å². The first-order valence-corrected chi connectivity index (χ1v) is 6.45. The molecule has 0 spiro atoms. The third kappa shape index (κ3) is 4.94. The molecule has 16 heavy (non-hydrogen) atoms. The molecule has 0 bridgehead atoms. The molecule has 1 atom stereocenters. The molecule has 1 aromatic rings. The molecule has 1 aromatic carbocycles. The van der Waals surface area contributed by atoms with Crippen molar-refractivity contribution >= 4 is 34.2 Å². The van der Waals surface area contributed by atoms with Crippen molar-refractivity contribution in [1.82, 2.24) is 0 Å². The summed E-state index contributed by atoms with van der Waals surface area (Å²) < 4.78 is 1.16. The Labute approximate surface area is 110 Å². The monoisotopic (exact) mass is 332 g/mol. The van der Waals surface area contributed by atoms with Gasteiger partial charge >= 0.3 is 0 Å². The fourth-order valence-electron chi connectivity index (χ4n) is 1.25. The number of hydrogen-bond donors (Lipinski definition) is 2. The van der Waals surface area contributed by atoms with Crippen LogP contribution in [-0.2, 0) is 4.79 Å². The lowest BCUT2D eigenvalue weighted by Crippen LogP contribution is -2.16. The van der Waals surface area contributed by atoms with E-state index in [9.17, 15) is 4.79 Å². The van der Waals surface area contributed by atoms with Gasteiger partial charge in [0.15, 0.2) is 0 Å². The number of halogens is 1. The quantitative estimate of drug-likeness (QED) is 0.815. The Bertz CT molecular complexity index is 337. The lowest BCUT2D eigenvalue weighted by Gasteiger charge is -2.08. The Morgan fingerprint density at radius 2 is 2.06 bits per heavy atom. The van der Waals surface area contributed by atoms with Crippen molar-refractivity contribution < 1.29 is 4.79 Å². The zero-order valence-electron chi connectivity index (χ0n) is 9.37. The van der Waals surface area contributed by atoms with E-state index in [1.54, 1.807) is 0 Å². The van der Waals surface area contributed by atoms with Crippen molar-refractivity contribution in [2.45, 2.75) is 19.8 Å². The van der Waals surface area contributed by atoms with Crippen molar-refractivity contribution in [3.05, 3.63) is 27.8 Å². The number of nitrogens with one attached hydrogen (secondary N) is 1. The van der Waals surface area contributed by atoms with Gasteiger partial charge in [-0.1, -0.05) is 6.92 Å². The molecule has 4 heteroatoms. The van der Waals surface area contributed by atoms with Crippen LogP contribution in [0.4, 0.5) is 5.69 Å². The van der Waals surface area contributed by atoms with Gasteiger partial charge in [0, 0.05) is 15.7 Å². The maximum absolute atomic E-state index is 11.6. The van der Waals surface area contributed by atoms with E-state index < -0.39 is 0 Å². The fourth-order valence-corrected chi connectivity index (χ4v) is 1.61. The molecule has 0 aliphatic heterocycles. The molecular weight excluding hydrogens is 315 g/mol. The predicted molar refractivity (Wildman–Crippen MR) is 75.2 cm³/mol. The second-order valence-corrected chi connectivity index (χ2v) is 5.18. The topological polar surface area (TPSA) is 55.1 Å². The van der Waals surface area contributed by atoms with Crippen LogP contribution in [0.3, 0.4) is 0 Å². The van der Waals surface area contributed by atoms with E-state index in [0.717, 1.165) is 15.7 Å². The highest BCUT2D eigenvalue weighted by atomic mass is 127. The van der Waals surface area contributed by atoms with Crippen LogP contribution in [0.1, 0.15) is 19.8 Å². The summed E-state index contributed by atoms with van der Waals surface area (Å²) in [5.41, 5.74) is 6.35. The summed E-state index contributed by atoms with van der Waals surface area (Å²) in [4.78, 5) is 11.6. The van der Waals surface area contributed by atoms with Gasteiger partial charge in [-0.2, -0.15) is 0 Å². The number of benzene rings is 1. The first-order chi connectivity index (χ1) is 7.61. The summed E-state index contributed by atoms with van der Waals surface area (Å²) in [7, 11) is 0. The molecule has 0 heterocycles. The molecule has 1 unspecified atom stereocenters. The van der Waals surface area contributed by atoms with Gasteiger partial charge in [0.1, 0.15) is 0 Å². The molecule has 0 aromatic heterocycles. The minimum absolute atomic E-state index is 0.0570. The van der Waals surface area contributed by atoms with Crippen LogP contribution in [0.5, 0.6) is 0 Å². The first kappa shape index (κ1) is 13.4. The zero-order chi connectivity index (χ0) is 12.0. The lowest BCUT2D eigenvalue weighted by molar-refractivity contribution is -0.116. The maximum Gasteiger partial charge on any atom is 0.224 e. The summed E-state index contributed by atoms with van der Waals surface area (Å²) in [5, 5.41) is 2.87.